The van der Waals surface area contributed by atoms with Crippen molar-refractivity contribution in [2.24, 2.45) is 0 Å². The molecule has 1 aromatic heterocycles. The van der Waals surface area contributed by atoms with Gasteiger partial charge in [0, 0.05) is 12.1 Å². The van der Waals surface area contributed by atoms with Gasteiger partial charge in [-0.1, -0.05) is 54.1 Å². The molecule has 3 heteroatoms. The number of nitrogens with two attached hydrogens (primary N) is 1. The number of nitrogens with zero attached hydrogens (tertiary/aromatic N) is 1. The van der Waals surface area contributed by atoms with Gasteiger partial charge >= 0.3 is 5.89 Å². The van der Waals surface area contributed by atoms with Crippen molar-refractivity contribution in [1.29, 1.82) is 0 Å². The fraction of sp³-hybridized carbons (Fsp3) is 0.0455. The van der Waals surface area contributed by atoms with Crippen LogP contribution in [-0.2, 0) is 0 Å². The van der Waals surface area contributed by atoms with Gasteiger partial charge in [0.05, 0.1) is 11.1 Å². The van der Waals surface area contributed by atoms with Gasteiger partial charge in [0.2, 0.25) is 5.69 Å². The summed E-state index contributed by atoms with van der Waals surface area (Å²) in [6, 6.07) is 28.5. The zero-order valence-electron chi connectivity index (χ0n) is 14.0. The summed E-state index contributed by atoms with van der Waals surface area (Å²) in [5.74, 6) is 1.13. The molecule has 0 radical (unpaired) electrons. The minimum atomic E-state index is 0.408. The normalized spacial score (nSPS) is 10.8. The van der Waals surface area contributed by atoms with Crippen molar-refractivity contribution in [2.75, 3.05) is 5.73 Å². The lowest BCUT2D eigenvalue weighted by molar-refractivity contribution is -0.575. The molecule has 2 N–H and O–H groups in total. The Kier molecular flexibility index (Phi) is 3.82. The van der Waals surface area contributed by atoms with Crippen LogP contribution in [0.1, 0.15) is 5.56 Å². The Balaban J connectivity index is 2.02. The van der Waals surface area contributed by atoms with Gasteiger partial charge in [-0.25, -0.2) is 0 Å². The molecule has 0 aliphatic rings. The van der Waals surface area contributed by atoms with E-state index in [9.17, 15) is 0 Å². The summed E-state index contributed by atoms with van der Waals surface area (Å²) in [4.78, 5) is 0. The van der Waals surface area contributed by atoms with Crippen molar-refractivity contribution in [3.63, 3.8) is 0 Å². The molecule has 0 bridgehead atoms. The quantitative estimate of drug-likeness (QED) is 0.550. The highest BCUT2D eigenvalue weighted by atomic mass is 16.4. The standard InChI is InChI=1S/C22H19N2O/c1-16-12-14-19(15-13-16)24-20(17-8-4-2-5-9-17)21(23)25-22(24)18-10-6-3-7-11-18/h2-15H,23H2,1H3/q+1. The van der Waals surface area contributed by atoms with Crippen LogP contribution in [0.4, 0.5) is 5.88 Å². The van der Waals surface area contributed by atoms with Crippen molar-refractivity contribution >= 4 is 5.88 Å². The van der Waals surface area contributed by atoms with E-state index in [1.54, 1.807) is 0 Å². The van der Waals surface area contributed by atoms with E-state index in [4.69, 9.17) is 10.2 Å². The third-order valence-electron chi connectivity index (χ3n) is 4.23. The molecule has 0 spiro atoms. The lowest BCUT2D eigenvalue weighted by atomic mass is 10.1. The number of anilines is 1. The number of oxazole rings is 1. The first-order valence-electron chi connectivity index (χ1n) is 8.26. The van der Waals surface area contributed by atoms with Crippen LogP contribution in [0.5, 0.6) is 0 Å². The first-order chi connectivity index (χ1) is 12.2. The summed E-state index contributed by atoms with van der Waals surface area (Å²) in [5.41, 5.74) is 11.4. The van der Waals surface area contributed by atoms with Crippen LogP contribution < -0.4 is 10.3 Å². The van der Waals surface area contributed by atoms with Crippen LogP contribution in [0.3, 0.4) is 0 Å². The summed E-state index contributed by atoms with van der Waals surface area (Å²) >= 11 is 0. The molecule has 25 heavy (non-hydrogen) atoms. The third kappa shape index (κ3) is 2.81. The minimum Gasteiger partial charge on any atom is -0.381 e. The van der Waals surface area contributed by atoms with E-state index in [2.05, 4.69) is 35.8 Å². The number of aryl methyl sites for hydroxylation is 1. The second-order valence-electron chi connectivity index (χ2n) is 6.02. The van der Waals surface area contributed by atoms with Gasteiger partial charge in [0.1, 0.15) is 0 Å². The molecule has 0 atom stereocenters. The van der Waals surface area contributed by atoms with Gasteiger partial charge in [0.25, 0.3) is 11.6 Å². The number of nitrogen functional groups attached to an aromatic ring is 1. The van der Waals surface area contributed by atoms with Gasteiger partial charge in [-0.05, 0) is 31.2 Å². The fourth-order valence-corrected chi connectivity index (χ4v) is 2.99. The molecule has 0 unspecified atom stereocenters. The smallest absolute Gasteiger partial charge is 0.381 e. The van der Waals surface area contributed by atoms with Crippen molar-refractivity contribution in [1.82, 2.24) is 0 Å². The van der Waals surface area contributed by atoms with Gasteiger partial charge < -0.3 is 10.2 Å². The van der Waals surface area contributed by atoms with Gasteiger partial charge in [0.15, 0.2) is 0 Å². The minimum absolute atomic E-state index is 0.408. The van der Waals surface area contributed by atoms with E-state index >= 15 is 0 Å². The zero-order chi connectivity index (χ0) is 17.2. The highest BCUT2D eigenvalue weighted by molar-refractivity contribution is 5.69. The van der Waals surface area contributed by atoms with Gasteiger partial charge in [-0.15, -0.1) is 4.57 Å². The van der Waals surface area contributed by atoms with E-state index in [1.807, 2.05) is 60.7 Å². The molecule has 0 aliphatic carbocycles. The first-order valence-corrected chi connectivity index (χ1v) is 8.26. The maximum absolute atomic E-state index is 6.29. The maximum atomic E-state index is 6.29. The maximum Gasteiger partial charge on any atom is 0.388 e. The number of aromatic nitrogens is 1. The van der Waals surface area contributed by atoms with Crippen LogP contribution >= 0.6 is 0 Å². The molecule has 0 aliphatic heterocycles. The molecule has 1 heterocycles. The highest BCUT2D eigenvalue weighted by Crippen LogP contribution is 2.30. The molecule has 4 rings (SSSR count). The van der Waals surface area contributed by atoms with Crippen molar-refractivity contribution in [3.05, 3.63) is 90.5 Å². The molecule has 0 saturated heterocycles. The third-order valence-corrected chi connectivity index (χ3v) is 4.23. The molecule has 4 aromatic rings. The average molecular weight is 327 g/mol. The van der Waals surface area contributed by atoms with Crippen LogP contribution in [0.25, 0.3) is 28.4 Å². The Labute approximate surface area is 147 Å². The van der Waals surface area contributed by atoms with Gasteiger partial charge in [-0.3, -0.25) is 0 Å². The number of hydrogen-bond acceptors (Lipinski definition) is 2. The molecule has 122 valence electrons. The van der Waals surface area contributed by atoms with Crippen LogP contribution in [0.15, 0.2) is 89.3 Å². The molecule has 3 nitrogen and oxygen atoms in total. The van der Waals surface area contributed by atoms with Crippen molar-refractivity contribution in [2.45, 2.75) is 6.92 Å². The summed E-state index contributed by atoms with van der Waals surface area (Å²) in [6.07, 6.45) is 0. The predicted molar refractivity (Wildman–Crippen MR) is 100 cm³/mol. The molecular formula is C22H19N2O+. The monoisotopic (exact) mass is 327 g/mol. The molecule has 0 fully saturated rings. The SMILES string of the molecule is Cc1ccc(-[n+]2c(-c3ccccc3)oc(N)c2-c2ccccc2)cc1. The summed E-state index contributed by atoms with van der Waals surface area (Å²) < 4.78 is 8.09. The van der Waals surface area contributed by atoms with Crippen molar-refractivity contribution in [3.8, 4) is 28.4 Å². The lowest BCUT2D eigenvalue weighted by Crippen LogP contribution is -2.33. The van der Waals surface area contributed by atoms with E-state index in [-0.39, 0.29) is 0 Å². The lowest BCUT2D eigenvalue weighted by Gasteiger charge is -2.01. The molecule has 0 saturated carbocycles. The van der Waals surface area contributed by atoms with E-state index < -0.39 is 0 Å². The molecule has 3 aromatic carbocycles. The van der Waals surface area contributed by atoms with E-state index in [1.165, 1.54) is 5.56 Å². The summed E-state index contributed by atoms with van der Waals surface area (Å²) in [7, 11) is 0. The Hall–Kier alpha value is -3.33. The molecular weight excluding hydrogens is 308 g/mol. The van der Waals surface area contributed by atoms with Crippen LogP contribution in [0.2, 0.25) is 0 Å². The van der Waals surface area contributed by atoms with E-state index in [0.717, 1.165) is 28.4 Å². The second kappa shape index (κ2) is 6.29. The number of rotatable bonds is 3. The highest BCUT2D eigenvalue weighted by Gasteiger charge is 2.31. The largest absolute Gasteiger partial charge is 0.388 e. The van der Waals surface area contributed by atoms with Crippen molar-refractivity contribution < 1.29 is 8.98 Å². The fourth-order valence-electron chi connectivity index (χ4n) is 2.99. The Morgan fingerprint density at radius 1 is 0.720 bits per heavy atom. The Morgan fingerprint density at radius 3 is 1.88 bits per heavy atom. The van der Waals surface area contributed by atoms with Gasteiger partial charge in [-0.2, -0.15) is 0 Å². The topological polar surface area (TPSA) is 43.0 Å². The Bertz CT molecular complexity index is 988. The summed E-state index contributed by atoms with van der Waals surface area (Å²) in [5, 5.41) is 0. The predicted octanol–water partition coefficient (Wildman–Crippen LogP) is 4.78. The average Bonchev–Trinajstić information content (AvgIpc) is 3.01. The van der Waals surface area contributed by atoms with E-state index in [0.29, 0.717) is 5.88 Å². The molecule has 0 amide bonds. The second-order valence-corrected chi connectivity index (χ2v) is 6.02. The Morgan fingerprint density at radius 2 is 1.28 bits per heavy atom. The van der Waals surface area contributed by atoms with Crippen LogP contribution in [-0.4, -0.2) is 0 Å². The number of benzene rings is 3. The summed E-state index contributed by atoms with van der Waals surface area (Å²) in [6.45, 7) is 2.08. The van der Waals surface area contributed by atoms with Crippen LogP contribution in [0, 0.1) is 6.92 Å². The number of hydrogen-bond donors (Lipinski definition) is 1. The zero-order valence-corrected chi connectivity index (χ0v) is 14.0. The first kappa shape index (κ1) is 15.2.